The lowest BCUT2D eigenvalue weighted by atomic mass is 9.98. The molecular weight excluding hydrogens is 1050 g/mol. The second kappa shape index (κ2) is 31.1. The van der Waals surface area contributed by atoms with Crippen LogP contribution in [-0.2, 0) is 55.2 Å². The Morgan fingerprint density at radius 3 is 1.96 bits per heavy atom. The number of aliphatic hydroxyl groups excluding tert-OH is 6. The fraction of sp³-hybridized carbons (Fsp3) is 0.720. The first-order chi connectivity index (χ1) is 36.8. The van der Waals surface area contributed by atoms with Crippen LogP contribution in [0.15, 0.2) is 18.2 Å². The average molecular weight is 1130 g/mol. The Morgan fingerprint density at radius 1 is 0.769 bits per heavy atom. The molecule has 15 N–H and O–H groups in total. The molecule has 1 aromatic rings. The Labute approximate surface area is 453 Å². The van der Waals surface area contributed by atoms with Gasteiger partial charge in [0.2, 0.25) is 47.3 Å². The van der Waals surface area contributed by atoms with Gasteiger partial charge in [0.15, 0.2) is 11.5 Å². The molecule has 0 radical (unpaired) electrons. The van der Waals surface area contributed by atoms with Gasteiger partial charge in [0, 0.05) is 38.3 Å². The number of amides is 8. The summed E-state index contributed by atoms with van der Waals surface area (Å²) in [6.07, 6.45) is 1.43. The topological polar surface area (TPSA) is 434 Å². The van der Waals surface area contributed by atoms with Gasteiger partial charge >= 0.3 is 10.4 Å². The Bertz CT molecular complexity index is 2330. The molecule has 27 nitrogen and oxygen atoms in total. The third-order valence-corrected chi connectivity index (χ3v) is 14.5. The van der Waals surface area contributed by atoms with Crippen molar-refractivity contribution < 1.29 is 91.3 Å². The number of aliphatic hydroxyl groups is 6. The molecule has 8 amide bonds. The summed E-state index contributed by atoms with van der Waals surface area (Å²) in [5.41, 5.74) is 5.23. The number of unbranched alkanes of at least 4 members (excludes halogenated alkanes) is 12. The largest absolute Gasteiger partial charge is 0.504 e. The number of aromatic hydroxyl groups is 1. The SMILES string of the molecule is CCCCCCCCCCCCCCCC(=O)NC1CCC(O)NC(=O)C2C(O)C(C)CN2C(=O)C(C(O)CC(N)=O)NC(=O)C(C(O)Cc2ccc(O)c(OS(=O)(=O)O)c2)NC(=O)C2CC(O)CN2C(=O)C(CO)NC1=O. The second-order valence-electron chi connectivity index (χ2n) is 20.6. The zero-order chi connectivity index (χ0) is 57.9. The zero-order valence-corrected chi connectivity index (χ0v) is 45.0. The summed E-state index contributed by atoms with van der Waals surface area (Å²) in [4.78, 5) is 112. The van der Waals surface area contributed by atoms with Crippen molar-refractivity contribution in [1.29, 1.82) is 0 Å². The number of carbonyl (C=O) groups excluding carboxylic acids is 8. The van der Waals surface area contributed by atoms with Crippen molar-refractivity contribution in [3.8, 4) is 11.5 Å². The molecule has 3 heterocycles. The van der Waals surface area contributed by atoms with Crippen molar-refractivity contribution in [3.63, 3.8) is 0 Å². The van der Waals surface area contributed by atoms with E-state index in [-0.39, 0.29) is 12.0 Å². The van der Waals surface area contributed by atoms with E-state index in [1.807, 2.05) is 0 Å². The molecule has 1 aromatic carbocycles. The zero-order valence-electron chi connectivity index (χ0n) is 44.2. The monoisotopic (exact) mass is 1130 g/mol. The molecule has 0 aliphatic carbocycles. The lowest BCUT2D eigenvalue weighted by Crippen LogP contribution is -2.64. The summed E-state index contributed by atoms with van der Waals surface area (Å²) in [5, 5.41) is 88.5. The van der Waals surface area contributed by atoms with Crippen molar-refractivity contribution in [2.45, 2.75) is 203 Å². The van der Waals surface area contributed by atoms with Gasteiger partial charge in [-0.05, 0) is 37.0 Å². The summed E-state index contributed by atoms with van der Waals surface area (Å²) in [5.74, 6) is -11.7. The number of phenols is 1. The first kappa shape index (κ1) is 64.8. The van der Waals surface area contributed by atoms with Crippen molar-refractivity contribution in [2.75, 3.05) is 19.7 Å². The highest BCUT2D eigenvalue weighted by molar-refractivity contribution is 7.81. The fourth-order valence-electron chi connectivity index (χ4n) is 9.88. The standard InChI is InChI=1S/C50H80N8O19S/c1-3-4-5-6-7-8-9-10-11-12-13-14-15-16-39(65)52-31-18-20-40(66)54-48(71)43-44(67)28(2)25-58(43)50(73)42(36(63)24-38(51)64)56-47(70)41(35(62)21-29-17-19-34(61)37(22-29)77-78(74,75)76)55-46(69)33-23-30(60)26-57(33)49(72)32(27-59)53-45(31)68/h17,19,22,28,30-33,35-36,40-44,59-63,66-67H,3-16,18,20-21,23-27H2,1-2H3,(H2,51,64)(H,52,65)(H,53,68)(H,54,71)(H,55,69)(H,56,70)(H,74,75,76). The third kappa shape index (κ3) is 19.9. The highest BCUT2D eigenvalue weighted by atomic mass is 32.3. The van der Waals surface area contributed by atoms with Gasteiger partial charge < -0.3 is 82.0 Å². The molecule has 3 aliphatic heterocycles. The molecule has 3 aliphatic rings. The number of hydrogen-bond acceptors (Lipinski definition) is 18. The van der Waals surface area contributed by atoms with E-state index in [2.05, 4.69) is 37.7 Å². The maximum atomic E-state index is 14.5. The van der Waals surface area contributed by atoms with E-state index in [0.717, 1.165) is 60.1 Å². The number of fused-ring (bicyclic) bond motifs is 2. The van der Waals surface area contributed by atoms with E-state index in [9.17, 15) is 87.1 Å². The Morgan fingerprint density at radius 2 is 1.37 bits per heavy atom. The summed E-state index contributed by atoms with van der Waals surface area (Å²) >= 11 is 0. The van der Waals surface area contributed by atoms with Gasteiger partial charge in [-0.15, -0.1) is 0 Å². The Kier molecular flexibility index (Phi) is 25.9. The van der Waals surface area contributed by atoms with Crippen LogP contribution in [0, 0.1) is 5.92 Å². The van der Waals surface area contributed by atoms with E-state index in [1.54, 1.807) is 0 Å². The second-order valence-corrected chi connectivity index (χ2v) is 21.6. The first-order valence-corrected chi connectivity index (χ1v) is 28.1. The minimum atomic E-state index is -5.21. The number of nitrogens with one attached hydrogen (secondary N) is 5. The number of nitrogens with zero attached hydrogens (tertiary/aromatic N) is 2. The van der Waals surface area contributed by atoms with E-state index >= 15 is 0 Å². The number of nitrogens with two attached hydrogens (primary N) is 1. The van der Waals surface area contributed by atoms with Crippen molar-refractivity contribution >= 4 is 57.7 Å². The minimum Gasteiger partial charge on any atom is -0.504 e. The molecular formula is C50H80N8O19S. The molecule has 28 heteroatoms. The minimum absolute atomic E-state index is 0.00607. The normalized spacial score (nSPS) is 26.8. The highest BCUT2D eigenvalue weighted by Gasteiger charge is 2.50. The highest BCUT2D eigenvalue weighted by Crippen LogP contribution is 2.30. The molecule has 440 valence electrons. The van der Waals surface area contributed by atoms with Crippen LogP contribution < -0.4 is 36.5 Å². The van der Waals surface area contributed by atoms with E-state index in [4.69, 9.17) is 5.73 Å². The number of rotatable bonds is 24. The van der Waals surface area contributed by atoms with Crippen molar-refractivity contribution in [3.05, 3.63) is 23.8 Å². The van der Waals surface area contributed by atoms with Crippen LogP contribution in [-0.4, -0.2) is 192 Å². The maximum absolute atomic E-state index is 14.5. The molecule has 0 bridgehead atoms. The molecule has 3 fully saturated rings. The molecule has 0 spiro atoms. The van der Waals surface area contributed by atoms with Gasteiger partial charge in [-0.2, -0.15) is 8.42 Å². The van der Waals surface area contributed by atoms with E-state index in [0.29, 0.717) is 6.42 Å². The first-order valence-electron chi connectivity index (χ1n) is 26.8. The number of phenolic OH excluding ortho intramolecular Hbond substituents is 1. The summed E-state index contributed by atoms with van der Waals surface area (Å²) in [6, 6.07) is -8.59. The number of hydrogen-bond donors (Lipinski definition) is 14. The van der Waals surface area contributed by atoms with Crippen LogP contribution in [0.2, 0.25) is 0 Å². The van der Waals surface area contributed by atoms with Gasteiger partial charge in [-0.25, -0.2) is 0 Å². The lowest BCUT2D eigenvalue weighted by molar-refractivity contribution is -0.148. The van der Waals surface area contributed by atoms with Crippen molar-refractivity contribution in [1.82, 2.24) is 36.4 Å². The van der Waals surface area contributed by atoms with Gasteiger partial charge in [-0.3, -0.25) is 42.9 Å². The van der Waals surface area contributed by atoms with Gasteiger partial charge in [0.1, 0.15) is 42.5 Å². The third-order valence-electron chi connectivity index (χ3n) is 14.1. The summed E-state index contributed by atoms with van der Waals surface area (Å²) in [7, 11) is -5.21. The number of carbonyl (C=O) groups is 8. The van der Waals surface area contributed by atoms with Crippen LogP contribution in [0.4, 0.5) is 0 Å². The molecule has 78 heavy (non-hydrogen) atoms. The molecule has 12 unspecified atom stereocenters. The number of primary amides is 1. The van der Waals surface area contributed by atoms with E-state index in [1.165, 1.54) is 51.9 Å². The molecule has 0 saturated carbocycles. The molecule has 12 atom stereocenters. The van der Waals surface area contributed by atoms with Crippen LogP contribution in [0.5, 0.6) is 11.5 Å². The fourth-order valence-corrected chi connectivity index (χ4v) is 10.2. The van der Waals surface area contributed by atoms with E-state index < -0.39 is 194 Å². The predicted octanol–water partition coefficient (Wildman–Crippen LogP) is -2.48. The van der Waals surface area contributed by atoms with Gasteiger partial charge in [0.05, 0.1) is 37.4 Å². The quantitative estimate of drug-likeness (QED) is 0.0377. The van der Waals surface area contributed by atoms with Gasteiger partial charge in [0.25, 0.3) is 0 Å². The molecule has 3 saturated heterocycles. The van der Waals surface area contributed by atoms with Crippen LogP contribution in [0.25, 0.3) is 0 Å². The number of benzene rings is 1. The van der Waals surface area contributed by atoms with Crippen LogP contribution >= 0.6 is 0 Å². The van der Waals surface area contributed by atoms with Crippen LogP contribution in [0.1, 0.15) is 135 Å². The summed E-state index contributed by atoms with van der Waals surface area (Å²) in [6.45, 7) is 1.54. The lowest BCUT2D eigenvalue weighted by Gasteiger charge is -2.33. The Balaban J connectivity index is 1.67. The average Bonchev–Trinajstić information content (AvgIpc) is 3.91. The molecule has 0 aromatic heterocycles. The maximum Gasteiger partial charge on any atom is 0.446 e. The van der Waals surface area contributed by atoms with Gasteiger partial charge in [-0.1, -0.05) is 97.0 Å². The van der Waals surface area contributed by atoms with Crippen molar-refractivity contribution in [2.24, 2.45) is 11.7 Å². The molecule has 4 rings (SSSR count). The van der Waals surface area contributed by atoms with Crippen LogP contribution in [0.3, 0.4) is 0 Å². The smallest absolute Gasteiger partial charge is 0.446 e. The Hall–Kier alpha value is -5.75. The predicted molar refractivity (Wildman–Crippen MR) is 275 cm³/mol. The summed E-state index contributed by atoms with van der Waals surface area (Å²) < 4.78 is 36.6.